The Kier molecular flexibility index (Phi) is 6.27. The van der Waals surface area contributed by atoms with Gasteiger partial charge in [-0.25, -0.2) is 0 Å². The third-order valence-electron chi connectivity index (χ3n) is 5.58. The molecule has 1 saturated heterocycles. The normalized spacial score (nSPS) is 28.0. The van der Waals surface area contributed by atoms with Gasteiger partial charge in [0.1, 0.15) is 0 Å². The van der Waals surface area contributed by atoms with E-state index in [0.717, 1.165) is 58.3 Å². The third-order valence-corrected chi connectivity index (χ3v) is 5.58. The minimum atomic E-state index is 0.143. The summed E-state index contributed by atoms with van der Waals surface area (Å²) in [6, 6.07) is 10.9. The average molecular weight is 329 g/mol. The van der Waals surface area contributed by atoms with Crippen molar-refractivity contribution >= 4 is 5.91 Å². The van der Waals surface area contributed by atoms with Gasteiger partial charge in [0.15, 0.2) is 0 Å². The van der Waals surface area contributed by atoms with Gasteiger partial charge in [0.2, 0.25) is 5.91 Å². The lowest BCUT2D eigenvalue weighted by atomic mass is 9.85. The Balaban J connectivity index is 1.34. The number of rotatable bonds is 6. The van der Waals surface area contributed by atoms with Crippen molar-refractivity contribution in [2.24, 2.45) is 17.6 Å². The van der Waals surface area contributed by atoms with Crippen LogP contribution in [-0.2, 0) is 11.2 Å². The van der Waals surface area contributed by atoms with Crippen LogP contribution in [0.25, 0.3) is 0 Å². The second-order valence-corrected chi connectivity index (χ2v) is 7.56. The van der Waals surface area contributed by atoms with Gasteiger partial charge in [-0.1, -0.05) is 36.8 Å². The molecule has 1 aromatic rings. The smallest absolute Gasteiger partial charge is 0.223 e. The first-order valence-electron chi connectivity index (χ1n) is 9.50. The molecule has 2 fully saturated rings. The molecule has 3 N–H and O–H groups in total. The molecule has 0 radical (unpaired) electrons. The van der Waals surface area contributed by atoms with Gasteiger partial charge in [0.05, 0.1) is 0 Å². The molecule has 1 heterocycles. The first-order chi connectivity index (χ1) is 11.7. The Morgan fingerprint density at radius 3 is 2.83 bits per heavy atom. The van der Waals surface area contributed by atoms with E-state index < -0.39 is 0 Å². The molecule has 0 aromatic heterocycles. The number of carbonyl (C=O) groups is 1. The molecule has 1 aliphatic heterocycles. The van der Waals surface area contributed by atoms with E-state index in [4.69, 9.17) is 5.73 Å². The van der Waals surface area contributed by atoms with Crippen LogP contribution in [0.4, 0.5) is 0 Å². The molecule has 24 heavy (non-hydrogen) atoms. The maximum absolute atomic E-state index is 12.3. The predicted octanol–water partition coefficient (Wildman–Crippen LogP) is 2.18. The van der Waals surface area contributed by atoms with Gasteiger partial charge in [-0.05, 0) is 50.1 Å². The van der Waals surface area contributed by atoms with E-state index in [9.17, 15) is 4.79 Å². The number of nitrogens with one attached hydrogen (secondary N) is 1. The molecule has 2 aliphatic rings. The highest BCUT2D eigenvalue weighted by Gasteiger charge is 2.27. The van der Waals surface area contributed by atoms with Gasteiger partial charge < -0.3 is 16.0 Å². The summed E-state index contributed by atoms with van der Waals surface area (Å²) in [5.74, 6) is 0.971. The molecular weight excluding hydrogens is 298 g/mol. The summed E-state index contributed by atoms with van der Waals surface area (Å²) in [5.41, 5.74) is 7.40. The second-order valence-electron chi connectivity index (χ2n) is 7.56. The SMILES string of the molecule is NC1CCCC(C(=O)NCC2CCN(CCc3ccccc3)C2)C1. The van der Waals surface area contributed by atoms with Crippen LogP contribution in [0.15, 0.2) is 30.3 Å². The molecule has 1 aromatic carbocycles. The van der Waals surface area contributed by atoms with Gasteiger partial charge in [0.25, 0.3) is 0 Å². The van der Waals surface area contributed by atoms with Crippen molar-refractivity contribution in [1.29, 1.82) is 0 Å². The number of carbonyl (C=O) groups excluding carboxylic acids is 1. The van der Waals surface area contributed by atoms with Crippen LogP contribution >= 0.6 is 0 Å². The summed E-state index contributed by atoms with van der Waals surface area (Å²) in [5, 5.41) is 3.19. The number of nitrogens with two attached hydrogens (primary N) is 1. The van der Waals surface area contributed by atoms with Crippen LogP contribution in [0.2, 0.25) is 0 Å². The van der Waals surface area contributed by atoms with E-state index in [2.05, 4.69) is 40.5 Å². The average Bonchev–Trinajstić information content (AvgIpc) is 3.07. The number of hydrogen-bond donors (Lipinski definition) is 2. The Bertz CT molecular complexity index is 519. The first kappa shape index (κ1) is 17.4. The summed E-state index contributed by atoms with van der Waals surface area (Å²) in [4.78, 5) is 14.8. The van der Waals surface area contributed by atoms with Crippen molar-refractivity contribution in [3.05, 3.63) is 35.9 Å². The fourth-order valence-corrected chi connectivity index (χ4v) is 4.07. The molecule has 4 heteroatoms. The lowest BCUT2D eigenvalue weighted by molar-refractivity contribution is -0.126. The Morgan fingerprint density at radius 1 is 1.21 bits per heavy atom. The van der Waals surface area contributed by atoms with E-state index in [0.29, 0.717) is 5.92 Å². The van der Waals surface area contributed by atoms with E-state index in [1.165, 1.54) is 12.0 Å². The van der Waals surface area contributed by atoms with Crippen LogP contribution in [0.5, 0.6) is 0 Å². The number of benzene rings is 1. The zero-order valence-corrected chi connectivity index (χ0v) is 14.6. The van der Waals surface area contributed by atoms with Crippen molar-refractivity contribution < 1.29 is 4.79 Å². The molecule has 0 spiro atoms. The molecule has 1 amide bonds. The number of likely N-dealkylation sites (tertiary alicyclic amines) is 1. The highest BCUT2D eigenvalue weighted by Crippen LogP contribution is 2.23. The highest BCUT2D eigenvalue weighted by molar-refractivity contribution is 5.78. The van der Waals surface area contributed by atoms with Crippen LogP contribution < -0.4 is 11.1 Å². The zero-order valence-electron chi connectivity index (χ0n) is 14.6. The van der Waals surface area contributed by atoms with Gasteiger partial charge in [-0.2, -0.15) is 0 Å². The standard InChI is InChI=1S/C20H31N3O/c21-19-8-4-7-18(13-19)20(24)22-14-17-10-12-23(15-17)11-9-16-5-2-1-3-6-16/h1-3,5-6,17-19H,4,7-15,21H2,(H,22,24). The van der Waals surface area contributed by atoms with Crippen LogP contribution in [0.3, 0.4) is 0 Å². The maximum atomic E-state index is 12.3. The lowest BCUT2D eigenvalue weighted by Crippen LogP contribution is -2.39. The second kappa shape index (κ2) is 8.63. The zero-order chi connectivity index (χ0) is 16.8. The van der Waals surface area contributed by atoms with Crippen molar-refractivity contribution in [2.45, 2.75) is 44.6 Å². The topological polar surface area (TPSA) is 58.4 Å². The number of hydrogen-bond acceptors (Lipinski definition) is 3. The van der Waals surface area contributed by atoms with Gasteiger partial charge in [0, 0.05) is 31.6 Å². The summed E-state index contributed by atoms with van der Waals surface area (Å²) in [6.07, 6.45) is 6.34. The molecular formula is C20H31N3O. The van der Waals surface area contributed by atoms with Crippen LogP contribution in [-0.4, -0.2) is 43.0 Å². The largest absolute Gasteiger partial charge is 0.356 e. The molecule has 3 rings (SSSR count). The molecule has 132 valence electrons. The minimum Gasteiger partial charge on any atom is -0.356 e. The van der Waals surface area contributed by atoms with Gasteiger partial charge in [-0.15, -0.1) is 0 Å². The monoisotopic (exact) mass is 329 g/mol. The fourth-order valence-electron chi connectivity index (χ4n) is 4.07. The van der Waals surface area contributed by atoms with Crippen molar-refractivity contribution in [1.82, 2.24) is 10.2 Å². The highest BCUT2D eigenvalue weighted by atomic mass is 16.1. The molecule has 3 unspecified atom stereocenters. The molecule has 1 aliphatic carbocycles. The minimum absolute atomic E-state index is 0.143. The maximum Gasteiger partial charge on any atom is 0.223 e. The Hall–Kier alpha value is -1.39. The summed E-state index contributed by atoms with van der Waals surface area (Å²) < 4.78 is 0. The number of amides is 1. The fraction of sp³-hybridized carbons (Fsp3) is 0.650. The Labute approximate surface area is 145 Å². The van der Waals surface area contributed by atoms with E-state index in [1.54, 1.807) is 0 Å². The van der Waals surface area contributed by atoms with Crippen LogP contribution in [0.1, 0.15) is 37.7 Å². The lowest BCUT2D eigenvalue weighted by Gasteiger charge is -2.26. The van der Waals surface area contributed by atoms with Gasteiger partial charge in [-0.3, -0.25) is 4.79 Å². The van der Waals surface area contributed by atoms with Crippen molar-refractivity contribution in [2.75, 3.05) is 26.2 Å². The van der Waals surface area contributed by atoms with Crippen LogP contribution in [0, 0.1) is 11.8 Å². The summed E-state index contributed by atoms with van der Waals surface area (Å²) in [6.45, 7) is 4.21. The molecule has 3 atom stereocenters. The summed E-state index contributed by atoms with van der Waals surface area (Å²) >= 11 is 0. The van der Waals surface area contributed by atoms with E-state index in [-0.39, 0.29) is 17.9 Å². The van der Waals surface area contributed by atoms with Crippen molar-refractivity contribution in [3.8, 4) is 0 Å². The van der Waals surface area contributed by atoms with E-state index in [1.807, 2.05) is 0 Å². The quantitative estimate of drug-likeness (QED) is 0.841. The summed E-state index contributed by atoms with van der Waals surface area (Å²) in [7, 11) is 0. The predicted molar refractivity (Wildman–Crippen MR) is 97.6 cm³/mol. The third kappa shape index (κ3) is 5.05. The molecule has 1 saturated carbocycles. The number of nitrogens with zero attached hydrogens (tertiary/aromatic N) is 1. The first-order valence-corrected chi connectivity index (χ1v) is 9.50. The van der Waals surface area contributed by atoms with Crippen molar-refractivity contribution in [3.63, 3.8) is 0 Å². The van der Waals surface area contributed by atoms with Gasteiger partial charge >= 0.3 is 0 Å². The Morgan fingerprint density at radius 2 is 2.04 bits per heavy atom. The van der Waals surface area contributed by atoms with E-state index >= 15 is 0 Å². The molecule has 0 bridgehead atoms. The molecule has 4 nitrogen and oxygen atoms in total.